The highest BCUT2D eigenvalue weighted by atomic mass is 14.6. The summed E-state index contributed by atoms with van der Waals surface area (Å²) in [6.45, 7) is 10.1. The van der Waals surface area contributed by atoms with E-state index >= 15 is 0 Å². The maximum atomic E-state index is 4.28. The van der Waals surface area contributed by atoms with Crippen LogP contribution in [0.25, 0.3) is 10.9 Å². The lowest BCUT2D eigenvalue weighted by Crippen LogP contribution is -1.80. The van der Waals surface area contributed by atoms with Gasteiger partial charge in [-0.25, -0.2) is 0 Å². The second-order valence-corrected chi connectivity index (χ2v) is 2.65. The van der Waals surface area contributed by atoms with Gasteiger partial charge in [-0.1, -0.05) is 52.0 Å². The van der Waals surface area contributed by atoms with Gasteiger partial charge in [-0.3, -0.25) is 4.98 Å². The first kappa shape index (κ1) is 13.6. The van der Waals surface area contributed by atoms with Gasteiger partial charge in [0.15, 0.2) is 0 Å². The van der Waals surface area contributed by atoms with Crippen molar-refractivity contribution in [1.29, 1.82) is 0 Å². The maximum absolute atomic E-state index is 4.28. The predicted molar refractivity (Wildman–Crippen MR) is 69.2 cm³/mol. The summed E-state index contributed by atoms with van der Waals surface area (Å²) in [5.41, 5.74) is 2.35. The quantitative estimate of drug-likeness (QED) is 0.610. The molecular formula is C14H21N. The SMILES string of the molecule is CC.CC.Cc1cccc2cccnc12. The lowest BCUT2D eigenvalue weighted by molar-refractivity contribution is 1.37. The first-order chi connectivity index (χ1) is 7.38. The summed E-state index contributed by atoms with van der Waals surface area (Å²) in [6, 6.07) is 10.3. The third-order valence-corrected chi connectivity index (χ3v) is 1.83. The Kier molecular flexibility index (Phi) is 7.25. The summed E-state index contributed by atoms with van der Waals surface area (Å²) < 4.78 is 0. The number of benzene rings is 1. The van der Waals surface area contributed by atoms with E-state index in [1.807, 2.05) is 40.0 Å². The van der Waals surface area contributed by atoms with Crippen LogP contribution >= 0.6 is 0 Å². The Bertz CT molecular complexity index is 375. The monoisotopic (exact) mass is 203 g/mol. The van der Waals surface area contributed by atoms with E-state index in [-0.39, 0.29) is 0 Å². The number of nitrogens with zero attached hydrogens (tertiary/aromatic N) is 1. The number of rotatable bonds is 0. The zero-order valence-electron chi connectivity index (χ0n) is 10.4. The zero-order valence-corrected chi connectivity index (χ0v) is 10.4. The molecule has 0 unspecified atom stereocenters. The highest BCUT2D eigenvalue weighted by molar-refractivity contribution is 5.81. The van der Waals surface area contributed by atoms with Crippen LogP contribution in [-0.2, 0) is 0 Å². The molecule has 1 aromatic carbocycles. The van der Waals surface area contributed by atoms with Gasteiger partial charge in [0.1, 0.15) is 0 Å². The fraction of sp³-hybridized carbons (Fsp3) is 0.357. The Morgan fingerprint density at radius 2 is 1.47 bits per heavy atom. The fourth-order valence-electron chi connectivity index (χ4n) is 1.26. The molecule has 0 saturated heterocycles. The maximum Gasteiger partial charge on any atom is 0.0731 e. The predicted octanol–water partition coefficient (Wildman–Crippen LogP) is 4.60. The second-order valence-electron chi connectivity index (χ2n) is 2.65. The van der Waals surface area contributed by atoms with Crippen LogP contribution in [-0.4, -0.2) is 4.98 Å². The van der Waals surface area contributed by atoms with Gasteiger partial charge >= 0.3 is 0 Å². The number of pyridine rings is 1. The van der Waals surface area contributed by atoms with Gasteiger partial charge in [-0.15, -0.1) is 0 Å². The van der Waals surface area contributed by atoms with Crippen molar-refractivity contribution in [3.05, 3.63) is 42.1 Å². The van der Waals surface area contributed by atoms with Crippen molar-refractivity contribution in [2.45, 2.75) is 34.6 Å². The highest BCUT2D eigenvalue weighted by Gasteiger charge is 1.93. The van der Waals surface area contributed by atoms with Crippen molar-refractivity contribution in [3.8, 4) is 0 Å². The van der Waals surface area contributed by atoms with Crippen molar-refractivity contribution < 1.29 is 0 Å². The van der Waals surface area contributed by atoms with E-state index in [0.29, 0.717) is 0 Å². The van der Waals surface area contributed by atoms with Crippen molar-refractivity contribution in [3.63, 3.8) is 0 Å². The Labute approximate surface area is 93.2 Å². The average molecular weight is 203 g/mol. The second kappa shape index (κ2) is 7.98. The number of aromatic nitrogens is 1. The number of hydrogen-bond acceptors (Lipinski definition) is 1. The van der Waals surface area contributed by atoms with Crippen LogP contribution < -0.4 is 0 Å². The van der Waals surface area contributed by atoms with E-state index in [2.05, 4.69) is 36.2 Å². The first-order valence-electron chi connectivity index (χ1n) is 5.68. The summed E-state index contributed by atoms with van der Waals surface area (Å²) in [6.07, 6.45) is 1.83. The third-order valence-electron chi connectivity index (χ3n) is 1.83. The van der Waals surface area contributed by atoms with Gasteiger partial charge in [-0.05, 0) is 18.6 Å². The standard InChI is InChI=1S/C10H9N.2C2H6/c1-8-4-2-5-9-6-3-7-11-10(8)9;2*1-2/h2-7H,1H3;2*1-2H3. The molecule has 0 spiro atoms. The molecule has 15 heavy (non-hydrogen) atoms. The van der Waals surface area contributed by atoms with Gasteiger partial charge in [0.05, 0.1) is 5.52 Å². The van der Waals surface area contributed by atoms with E-state index in [0.717, 1.165) is 5.52 Å². The number of aryl methyl sites for hydroxylation is 1. The van der Waals surface area contributed by atoms with Crippen LogP contribution in [0.15, 0.2) is 36.5 Å². The lowest BCUT2D eigenvalue weighted by Gasteiger charge is -1.97. The molecule has 1 nitrogen and oxygen atoms in total. The molecule has 0 fully saturated rings. The molecule has 1 heteroatoms. The Morgan fingerprint density at radius 3 is 2.07 bits per heavy atom. The smallest absolute Gasteiger partial charge is 0.0731 e. The van der Waals surface area contributed by atoms with Crippen LogP contribution in [0.1, 0.15) is 33.3 Å². The minimum Gasteiger partial charge on any atom is -0.256 e. The van der Waals surface area contributed by atoms with E-state index < -0.39 is 0 Å². The van der Waals surface area contributed by atoms with Gasteiger partial charge in [0.25, 0.3) is 0 Å². The molecule has 0 atom stereocenters. The molecule has 0 aliphatic heterocycles. The Hall–Kier alpha value is -1.37. The summed E-state index contributed by atoms with van der Waals surface area (Å²) in [5.74, 6) is 0. The summed E-state index contributed by atoms with van der Waals surface area (Å²) in [4.78, 5) is 4.28. The van der Waals surface area contributed by atoms with E-state index in [4.69, 9.17) is 0 Å². The lowest BCUT2D eigenvalue weighted by atomic mass is 10.1. The molecular weight excluding hydrogens is 182 g/mol. The van der Waals surface area contributed by atoms with Gasteiger partial charge in [-0.2, -0.15) is 0 Å². The van der Waals surface area contributed by atoms with Crippen LogP contribution in [0.5, 0.6) is 0 Å². The largest absolute Gasteiger partial charge is 0.256 e. The minimum atomic E-state index is 1.11. The normalized spacial score (nSPS) is 8.33. The molecule has 2 rings (SSSR count). The third kappa shape index (κ3) is 3.70. The van der Waals surface area contributed by atoms with Crippen LogP contribution in [0.4, 0.5) is 0 Å². The summed E-state index contributed by atoms with van der Waals surface area (Å²) in [5, 5.41) is 1.22. The summed E-state index contributed by atoms with van der Waals surface area (Å²) >= 11 is 0. The minimum absolute atomic E-state index is 1.11. The van der Waals surface area contributed by atoms with Crippen molar-refractivity contribution in [2.75, 3.05) is 0 Å². The summed E-state index contributed by atoms with van der Waals surface area (Å²) in [7, 11) is 0. The Balaban J connectivity index is 0.000000442. The molecule has 0 bridgehead atoms. The van der Waals surface area contributed by atoms with Gasteiger partial charge in [0.2, 0.25) is 0 Å². The van der Waals surface area contributed by atoms with Gasteiger partial charge < -0.3 is 0 Å². The molecule has 2 aromatic rings. The molecule has 1 heterocycles. The van der Waals surface area contributed by atoms with Crippen molar-refractivity contribution in [1.82, 2.24) is 4.98 Å². The van der Waals surface area contributed by atoms with E-state index in [1.165, 1.54) is 10.9 Å². The van der Waals surface area contributed by atoms with Crippen LogP contribution in [0.2, 0.25) is 0 Å². The number of para-hydroxylation sites is 1. The van der Waals surface area contributed by atoms with Crippen molar-refractivity contribution in [2.24, 2.45) is 0 Å². The van der Waals surface area contributed by atoms with E-state index in [1.54, 1.807) is 0 Å². The van der Waals surface area contributed by atoms with E-state index in [9.17, 15) is 0 Å². The molecule has 0 N–H and O–H groups in total. The number of fused-ring (bicyclic) bond motifs is 1. The highest BCUT2D eigenvalue weighted by Crippen LogP contribution is 2.13. The Morgan fingerprint density at radius 1 is 0.867 bits per heavy atom. The molecule has 0 saturated carbocycles. The first-order valence-corrected chi connectivity index (χ1v) is 5.68. The van der Waals surface area contributed by atoms with Crippen LogP contribution in [0, 0.1) is 6.92 Å². The molecule has 0 radical (unpaired) electrons. The topological polar surface area (TPSA) is 12.9 Å². The fourth-order valence-corrected chi connectivity index (χ4v) is 1.26. The molecule has 0 amide bonds. The zero-order chi connectivity index (χ0) is 11.7. The molecule has 0 aliphatic carbocycles. The van der Waals surface area contributed by atoms with Gasteiger partial charge in [0, 0.05) is 11.6 Å². The number of hydrogen-bond donors (Lipinski definition) is 0. The van der Waals surface area contributed by atoms with Crippen LogP contribution in [0.3, 0.4) is 0 Å². The average Bonchev–Trinajstić information content (AvgIpc) is 2.35. The molecule has 1 aromatic heterocycles. The van der Waals surface area contributed by atoms with Crippen molar-refractivity contribution >= 4 is 10.9 Å². The molecule has 82 valence electrons. The molecule has 0 aliphatic rings.